The van der Waals surface area contributed by atoms with Crippen molar-refractivity contribution in [2.24, 2.45) is 5.92 Å². The third kappa shape index (κ3) is 2.63. The van der Waals surface area contributed by atoms with E-state index in [2.05, 4.69) is 6.07 Å². The molecule has 0 radical (unpaired) electrons. The summed E-state index contributed by atoms with van der Waals surface area (Å²) < 4.78 is 32.7. The van der Waals surface area contributed by atoms with Gasteiger partial charge in [0.25, 0.3) is 0 Å². The van der Waals surface area contributed by atoms with E-state index in [0.29, 0.717) is 25.7 Å². The standard InChI is InChI=1S/C16H17F2NO2/c1-10-6-14(18)12(7-13(10)17)16(15(20)21-2)8-11(9-16)4-3-5-19/h6-7,11H,3-4,8-9H2,1-2H3. The van der Waals surface area contributed by atoms with Crippen LogP contribution in [0.25, 0.3) is 0 Å². The third-order valence-corrected chi connectivity index (χ3v) is 4.28. The quantitative estimate of drug-likeness (QED) is 0.799. The lowest BCUT2D eigenvalue weighted by Gasteiger charge is -2.45. The lowest BCUT2D eigenvalue weighted by Crippen LogP contribution is -2.49. The van der Waals surface area contributed by atoms with Crippen molar-refractivity contribution in [2.75, 3.05) is 7.11 Å². The van der Waals surface area contributed by atoms with E-state index in [4.69, 9.17) is 10.00 Å². The highest BCUT2D eigenvalue weighted by molar-refractivity contribution is 5.84. The number of nitriles is 1. The first kappa shape index (κ1) is 15.4. The van der Waals surface area contributed by atoms with E-state index in [-0.39, 0.29) is 17.0 Å². The average Bonchev–Trinajstić information content (AvgIpc) is 2.42. The van der Waals surface area contributed by atoms with Crippen LogP contribution in [-0.4, -0.2) is 13.1 Å². The summed E-state index contributed by atoms with van der Waals surface area (Å²) in [5, 5.41) is 8.60. The molecule has 0 aromatic heterocycles. The second-order valence-electron chi connectivity index (χ2n) is 5.63. The average molecular weight is 293 g/mol. The third-order valence-electron chi connectivity index (χ3n) is 4.28. The lowest BCUT2D eigenvalue weighted by atomic mass is 9.57. The van der Waals surface area contributed by atoms with E-state index in [1.54, 1.807) is 0 Å². The Bertz CT molecular complexity index is 601. The predicted octanol–water partition coefficient (Wildman–Crippen LogP) is 3.40. The number of rotatable bonds is 4. The number of hydrogen-bond donors (Lipinski definition) is 0. The number of halogens is 2. The highest BCUT2D eigenvalue weighted by Gasteiger charge is 2.53. The second-order valence-corrected chi connectivity index (χ2v) is 5.63. The molecule has 2 rings (SSSR count). The molecule has 0 spiro atoms. The summed E-state index contributed by atoms with van der Waals surface area (Å²) in [5.74, 6) is -1.50. The summed E-state index contributed by atoms with van der Waals surface area (Å²) in [6.07, 6.45) is 1.83. The van der Waals surface area contributed by atoms with Gasteiger partial charge in [-0.25, -0.2) is 8.78 Å². The van der Waals surface area contributed by atoms with Gasteiger partial charge in [-0.05, 0) is 49.8 Å². The van der Waals surface area contributed by atoms with Gasteiger partial charge in [0.2, 0.25) is 0 Å². The van der Waals surface area contributed by atoms with Gasteiger partial charge < -0.3 is 4.74 Å². The van der Waals surface area contributed by atoms with Crippen LogP contribution in [0.3, 0.4) is 0 Å². The van der Waals surface area contributed by atoms with Crippen molar-refractivity contribution in [1.82, 2.24) is 0 Å². The molecule has 0 atom stereocenters. The maximum atomic E-state index is 14.2. The lowest BCUT2D eigenvalue weighted by molar-refractivity contribution is -0.154. The molecule has 3 nitrogen and oxygen atoms in total. The molecule has 0 N–H and O–H groups in total. The number of aryl methyl sites for hydroxylation is 1. The van der Waals surface area contributed by atoms with Crippen LogP contribution in [0.4, 0.5) is 8.78 Å². The molecule has 1 aliphatic rings. The summed E-state index contributed by atoms with van der Waals surface area (Å²) in [6.45, 7) is 1.48. The second kappa shape index (κ2) is 5.80. The summed E-state index contributed by atoms with van der Waals surface area (Å²) in [5.41, 5.74) is -0.852. The number of carbonyl (C=O) groups is 1. The van der Waals surface area contributed by atoms with Crippen molar-refractivity contribution in [3.05, 3.63) is 34.9 Å². The summed E-state index contributed by atoms with van der Waals surface area (Å²) in [6, 6.07) is 4.26. The monoisotopic (exact) mass is 293 g/mol. The van der Waals surface area contributed by atoms with E-state index in [9.17, 15) is 13.6 Å². The Balaban J connectivity index is 2.34. The zero-order chi connectivity index (χ0) is 15.6. The molecule has 0 heterocycles. The predicted molar refractivity (Wildman–Crippen MR) is 72.4 cm³/mol. The number of hydrogen-bond acceptors (Lipinski definition) is 3. The molecule has 0 saturated heterocycles. The van der Waals surface area contributed by atoms with E-state index >= 15 is 0 Å². The maximum absolute atomic E-state index is 14.2. The molecular formula is C16H17F2NO2. The fourth-order valence-corrected chi connectivity index (χ4v) is 3.10. The first-order valence-corrected chi connectivity index (χ1v) is 6.86. The normalized spacial score (nSPS) is 24.0. The van der Waals surface area contributed by atoms with Crippen LogP contribution < -0.4 is 0 Å². The Labute approximate surface area is 122 Å². The van der Waals surface area contributed by atoms with E-state index in [0.717, 1.165) is 12.1 Å². The smallest absolute Gasteiger partial charge is 0.316 e. The molecule has 0 aliphatic heterocycles. The molecule has 5 heteroatoms. The van der Waals surface area contributed by atoms with Crippen LogP contribution in [0.1, 0.15) is 36.8 Å². The number of esters is 1. The van der Waals surface area contributed by atoms with Gasteiger partial charge in [-0.15, -0.1) is 0 Å². The van der Waals surface area contributed by atoms with Crippen LogP contribution in [0.5, 0.6) is 0 Å². The molecule has 21 heavy (non-hydrogen) atoms. The van der Waals surface area contributed by atoms with Crippen molar-refractivity contribution in [3.63, 3.8) is 0 Å². The zero-order valence-corrected chi connectivity index (χ0v) is 12.1. The molecule has 1 fully saturated rings. The molecule has 0 unspecified atom stereocenters. The van der Waals surface area contributed by atoms with Crippen molar-refractivity contribution >= 4 is 5.97 Å². The Hall–Kier alpha value is -1.96. The SMILES string of the molecule is COC(=O)C1(c2cc(F)c(C)cc2F)CC(CCC#N)C1. The maximum Gasteiger partial charge on any atom is 0.316 e. The van der Waals surface area contributed by atoms with Crippen LogP contribution >= 0.6 is 0 Å². The van der Waals surface area contributed by atoms with Gasteiger partial charge in [-0.1, -0.05) is 0 Å². The summed E-state index contributed by atoms with van der Waals surface area (Å²) in [4.78, 5) is 12.1. The van der Waals surface area contributed by atoms with Crippen molar-refractivity contribution in [3.8, 4) is 6.07 Å². The highest BCUT2D eigenvalue weighted by Crippen LogP contribution is 2.51. The molecule has 1 aliphatic carbocycles. The van der Waals surface area contributed by atoms with Gasteiger partial charge in [-0.2, -0.15) is 5.26 Å². The van der Waals surface area contributed by atoms with Crippen LogP contribution in [0.2, 0.25) is 0 Å². The molecule has 0 bridgehead atoms. The molecule has 1 aromatic rings. The minimum Gasteiger partial charge on any atom is -0.468 e. The van der Waals surface area contributed by atoms with Crippen LogP contribution in [0.15, 0.2) is 12.1 Å². The summed E-state index contributed by atoms with van der Waals surface area (Å²) >= 11 is 0. The zero-order valence-electron chi connectivity index (χ0n) is 12.1. The highest BCUT2D eigenvalue weighted by atomic mass is 19.1. The topological polar surface area (TPSA) is 50.1 Å². The van der Waals surface area contributed by atoms with Crippen molar-refractivity contribution in [2.45, 2.75) is 38.0 Å². The molecule has 112 valence electrons. The first-order valence-electron chi connectivity index (χ1n) is 6.86. The first-order chi connectivity index (χ1) is 9.94. The molecule has 0 amide bonds. The Morgan fingerprint density at radius 2 is 2.10 bits per heavy atom. The van der Waals surface area contributed by atoms with Gasteiger partial charge in [0.1, 0.15) is 11.6 Å². The van der Waals surface area contributed by atoms with Crippen molar-refractivity contribution < 1.29 is 18.3 Å². The van der Waals surface area contributed by atoms with Crippen molar-refractivity contribution in [1.29, 1.82) is 5.26 Å². The van der Waals surface area contributed by atoms with Gasteiger partial charge in [0, 0.05) is 12.0 Å². The minimum absolute atomic E-state index is 0.0608. The van der Waals surface area contributed by atoms with E-state index < -0.39 is 23.0 Å². The van der Waals surface area contributed by atoms with E-state index in [1.807, 2.05) is 0 Å². The van der Waals surface area contributed by atoms with Gasteiger partial charge in [-0.3, -0.25) is 4.79 Å². The molecule has 1 aromatic carbocycles. The number of methoxy groups -OCH3 is 1. The number of benzene rings is 1. The fraction of sp³-hybridized carbons (Fsp3) is 0.500. The largest absolute Gasteiger partial charge is 0.468 e. The van der Waals surface area contributed by atoms with E-state index in [1.165, 1.54) is 14.0 Å². The number of nitrogens with zero attached hydrogens (tertiary/aromatic N) is 1. The molecular weight excluding hydrogens is 276 g/mol. The van der Waals surface area contributed by atoms with Crippen LogP contribution in [0, 0.1) is 35.8 Å². The van der Waals surface area contributed by atoms with Crippen LogP contribution in [-0.2, 0) is 14.9 Å². The Kier molecular flexibility index (Phi) is 4.26. The molecule has 1 saturated carbocycles. The Morgan fingerprint density at radius 1 is 1.43 bits per heavy atom. The number of ether oxygens (including phenoxy) is 1. The van der Waals surface area contributed by atoms with Gasteiger partial charge in [0.15, 0.2) is 0 Å². The number of carbonyl (C=O) groups excluding carboxylic acids is 1. The minimum atomic E-state index is -1.12. The Morgan fingerprint density at radius 3 is 2.67 bits per heavy atom. The van der Waals surface area contributed by atoms with Gasteiger partial charge >= 0.3 is 5.97 Å². The van der Waals surface area contributed by atoms with Gasteiger partial charge in [0.05, 0.1) is 18.6 Å². The fourth-order valence-electron chi connectivity index (χ4n) is 3.10. The summed E-state index contributed by atoms with van der Waals surface area (Å²) in [7, 11) is 1.25.